The number of amides is 1. The zero-order valence-electron chi connectivity index (χ0n) is 13.7. The van der Waals surface area contributed by atoms with Gasteiger partial charge in [-0.05, 0) is 31.2 Å². The van der Waals surface area contributed by atoms with Gasteiger partial charge in [-0.15, -0.1) is 10.2 Å². The molecule has 9 heteroatoms. The van der Waals surface area contributed by atoms with Crippen LogP contribution in [0.4, 0.5) is 5.69 Å². The van der Waals surface area contributed by atoms with E-state index in [-0.39, 0.29) is 5.91 Å². The Hall–Kier alpha value is -2.94. The van der Waals surface area contributed by atoms with Crippen molar-refractivity contribution in [3.63, 3.8) is 0 Å². The molecule has 25 heavy (non-hydrogen) atoms. The fraction of sp³-hybridized carbons (Fsp3) is 0.188. The maximum absolute atomic E-state index is 12.4. The number of ether oxygens (including phenoxy) is 1. The number of anilines is 1. The second kappa shape index (κ2) is 7.31. The molecule has 0 bridgehead atoms. The SMILES string of the molecule is COc1cccc(NC(=O)[C@H](C)Sc2nnc(-c3ccco3)n2N)c1. The lowest BCUT2D eigenvalue weighted by molar-refractivity contribution is -0.115. The Bertz CT molecular complexity index is 863. The molecule has 3 aromatic rings. The van der Waals surface area contributed by atoms with Crippen LogP contribution < -0.4 is 15.9 Å². The summed E-state index contributed by atoms with van der Waals surface area (Å²) >= 11 is 1.20. The van der Waals surface area contributed by atoms with Crippen LogP contribution >= 0.6 is 11.8 Å². The highest BCUT2D eigenvalue weighted by Gasteiger charge is 2.21. The summed E-state index contributed by atoms with van der Waals surface area (Å²) in [4.78, 5) is 12.4. The number of rotatable bonds is 6. The summed E-state index contributed by atoms with van der Waals surface area (Å²) in [5.74, 6) is 7.39. The van der Waals surface area contributed by atoms with E-state index in [2.05, 4.69) is 15.5 Å². The fourth-order valence-corrected chi connectivity index (χ4v) is 2.86. The van der Waals surface area contributed by atoms with Crippen molar-refractivity contribution in [2.75, 3.05) is 18.3 Å². The molecule has 0 aliphatic carbocycles. The summed E-state index contributed by atoms with van der Waals surface area (Å²) in [6.07, 6.45) is 1.53. The molecule has 1 aromatic carbocycles. The Morgan fingerprint density at radius 1 is 1.36 bits per heavy atom. The van der Waals surface area contributed by atoms with E-state index >= 15 is 0 Å². The van der Waals surface area contributed by atoms with Gasteiger partial charge in [0.25, 0.3) is 0 Å². The minimum atomic E-state index is -0.429. The van der Waals surface area contributed by atoms with E-state index in [4.69, 9.17) is 15.0 Å². The Labute approximate surface area is 148 Å². The third kappa shape index (κ3) is 3.77. The number of furan rings is 1. The van der Waals surface area contributed by atoms with Crippen LogP contribution in [-0.2, 0) is 4.79 Å². The Kier molecular flexibility index (Phi) is 4.94. The summed E-state index contributed by atoms with van der Waals surface area (Å²) < 4.78 is 11.7. The molecular formula is C16H17N5O3S. The normalized spacial score (nSPS) is 11.9. The molecule has 1 amide bonds. The van der Waals surface area contributed by atoms with E-state index in [1.165, 1.54) is 22.7 Å². The van der Waals surface area contributed by atoms with Crippen molar-refractivity contribution in [3.05, 3.63) is 42.7 Å². The topological polar surface area (TPSA) is 108 Å². The summed E-state index contributed by atoms with van der Waals surface area (Å²) in [5, 5.41) is 10.8. The quantitative estimate of drug-likeness (QED) is 0.514. The summed E-state index contributed by atoms with van der Waals surface area (Å²) in [6.45, 7) is 1.77. The maximum atomic E-state index is 12.4. The summed E-state index contributed by atoms with van der Waals surface area (Å²) in [7, 11) is 1.57. The monoisotopic (exact) mass is 359 g/mol. The van der Waals surface area contributed by atoms with Crippen LogP contribution in [-0.4, -0.2) is 33.1 Å². The highest BCUT2D eigenvalue weighted by atomic mass is 32.2. The number of hydrogen-bond donors (Lipinski definition) is 2. The second-order valence-corrected chi connectivity index (χ2v) is 6.44. The number of nitrogen functional groups attached to an aromatic ring is 1. The van der Waals surface area contributed by atoms with Crippen LogP contribution in [0.25, 0.3) is 11.6 Å². The molecule has 8 nitrogen and oxygen atoms in total. The number of carbonyl (C=O) groups is 1. The molecule has 0 saturated carbocycles. The molecule has 0 fully saturated rings. The molecular weight excluding hydrogens is 342 g/mol. The second-order valence-electron chi connectivity index (χ2n) is 5.13. The van der Waals surface area contributed by atoms with Crippen molar-refractivity contribution in [2.45, 2.75) is 17.3 Å². The smallest absolute Gasteiger partial charge is 0.237 e. The lowest BCUT2D eigenvalue weighted by Crippen LogP contribution is -2.23. The highest BCUT2D eigenvalue weighted by Crippen LogP contribution is 2.26. The molecule has 0 spiro atoms. The van der Waals surface area contributed by atoms with Gasteiger partial charge >= 0.3 is 0 Å². The lowest BCUT2D eigenvalue weighted by Gasteiger charge is -2.12. The molecule has 0 aliphatic heterocycles. The number of carbonyl (C=O) groups excluding carboxylic acids is 1. The van der Waals surface area contributed by atoms with Crippen molar-refractivity contribution in [2.24, 2.45) is 0 Å². The summed E-state index contributed by atoms with van der Waals surface area (Å²) in [5.41, 5.74) is 0.655. The number of methoxy groups -OCH3 is 1. The van der Waals surface area contributed by atoms with Gasteiger partial charge < -0.3 is 20.3 Å². The Morgan fingerprint density at radius 3 is 2.92 bits per heavy atom. The van der Waals surface area contributed by atoms with Crippen LogP contribution in [0.5, 0.6) is 5.75 Å². The number of nitrogens with one attached hydrogen (secondary N) is 1. The average Bonchev–Trinajstić information content (AvgIpc) is 3.25. The van der Waals surface area contributed by atoms with Gasteiger partial charge in [0, 0.05) is 11.8 Å². The molecule has 2 heterocycles. The molecule has 0 aliphatic rings. The van der Waals surface area contributed by atoms with Crippen LogP contribution in [0.3, 0.4) is 0 Å². The third-order valence-electron chi connectivity index (χ3n) is 3.39. The summed E-state index contributed by atoms with van der Waals surface area (Å²) in [6, 6.07) is 10.6. The number of aromatic nitrogens is 3. The first-order valence-electron chi connectivity index (χ1n) is 7.44. The van der Waals surface area contributed by atoms with Crippen LogP contribution in [0.2, 0.25) is 0 Å². The Balaban J connectivity index is 1.67. The van der Waals surface area contributed by atoms with Gasteiger partial charge in [-0.3, -0.25) is 4.79 Å². The molecule has 3 rings (SSSR count). The molecule has 2 aromatic heterocycles. The van der Waals surface area contributed by atoms with Gasteiger partial charge in [0.1, 0.15) is 5.75 Å². The number of nitrogens with two attached hydrogens (primary N) is 1. The number of nitrogens with zero attached hydrogens (tertiary/aromatic N) is 3. The first kappa shape index (κ1) is 16.9. The van der Waals surface area contributed by atoms with Gasteiger partial charge in [0.15, 0.2) is 5.76 Å². The zero-order valence-corrected chi connectivity index (χ0v) is 14.5. The van der Waals surface area contributed by atoms with Gasteiger partial charge in [-0.2, -0.15) is 0 Å². The van der Waals surface area contributed by atoms with E-state index in [9.17, 15) is 4.79 Å². The first-order valence-corrected chi connectivity index (χ1v) is 8.32. The largest absolute Gasteiger partial charge is 0.497 e. The Morgan fingerprint density at radius 2 is 2.20 bits per heavy atom. The van der Waals surface area contributed by atoms with E-state index in [0.29, 0.717) is 28.2 Å². The van der Waals surface area contributed by atoms with Crippen LogP contribution in [0, 0.1) is 0 Å². The molecule has 3 N–H and O–H groups in total. The fourth-order valence-electron chi connectivity index (χ4n) is 2.09. The van der Waals surface area contributed by atoms with Crippen molar-refractivity contribution in [3.8, 4) is 17.3 Å². The zero-order chi connectivity index (χ0) is 17.8. The standard InChI is InChI=1S/C16H17N5O3S/c1-10(15(22)18-11-5-3-6-12(9-11)23-2)25-16-20-19-14(21(16)17)13-7-4-8-24-13/h3-10H,17H2,1-2H3,(H,18,22)/t10-/m0/s1. The van der Waals surface area contributed by atoms with Crippen molar-refractivity contribution >= 4 is 23.4 Å². The number of hydrogen-bond acceptors (Lipinski definition) is 7. The van der Waals surface area contributed by atoms with Gasteiger partial charge in [-0.25, -0.2) is 4.68 Å². The predicted molar refractivity (Wildman–Crippen MR) is 94.8 cm³/mol. The molecule has 0 unspecified atom stereocenters. The van der Waals surface area contributed by atoms with E-state index in [1.54, 1.807) is 50.4 Å². The third-order valence-corrected chi connectivity index (χ3v) is 4.45. The van der Waals surface area contributed by atoms with Gasteiger partial charge in [0.05, 0.1) is 18.6 Å². The molecule has 0 radical (unpaired) electrons. The van der Waals surface area contributed by atoms with Gasteiger partial charge in [-0.1, -0.05) is 17.8 Å². The van der Waals surface area contributed by atoms with E-state index in [1.807, 2.05) is 0 Å². The van der Waals surface area contributed by atoms with E-state index in [0.717, 1.165) is 0 Å². The molecule has 1 atom stereocenters. The predicted octanol–water partition coefficient (Wildman–Crippen LogP) is 2.38. The lowest BCUT2D eigenvalue weighted by atomic mass is 10.3. The minimum Gasteiger partial charge on any atom is -0.497 e. The molecule has 130 valence electrons. The van der Waals surface area contributed by atoms with Crippen molar-refractivity contribution in [1.82, 2.24) is 14.9 Å². The van der Waals surface area contributed by atoms with Crippen molar-refractivity contribution < 1.29 is 13.9 Å². The van der Waals surface area contributed by atoms with E-state index < -0.39 is 5.25 Å². The molecule has 0 saturated heterocycles. The van der Waals surface area contributed by atoms with Crippen molar-refractivity contribution in [1.29, 1.82) is 0 Å². The van der Waals surface area contributed by atoms with Crippen LogP contribution in [0.1, 0.15) is 6.92 Å². The maximum Gasteiger partial charge on any atom is 0.237 e. The highest BCUT2D eigenvalue weighted by molar-refractivity contribution is 8.00. The number of thioether (sulfide) groups is 1. The average molecular weight is 359 g/mol. The first-order chi connectivity index (χ1) is 12.1. The van der Waals surface area contributed by atoms with Crippen LogP contribution in [0.15, 0.2) is 52.2 Å². The minimum absolute atomic E-state index is 0.180. The van der Waals surface area contributed by atoms with Gasteiger partial charge in [0.2, 0.25) is 16.9 Å². The number of benzene rings is 1.